The molecule has 2 heterocycles. The molecule has 2 aromatic heterocycles. The minimum Gasteiger partial charge on any atom is -0.491 e. The van der Waals surface area contributed by atoms with E-state index in [0.29, 0.717) is 16.6 Å². The number of ether oxygens (including phenoxy) is 1. The first kappa shape index (κ1) is 16.0. The smallest absolute Gasteiger partial charge is 0.239 e. The number of nitrogens with one attached hydrogen (secondary N) is 1. The van der Waals surface area contributed by atoms with Gasteiger partial charge in [0, 0.05) is 37.0 Å². The quantitative estimate of drug-likeness (QED) is 0.622. The van der Waals surface area contributed by atoms with Crippen molar-refractivity contribution in [2.75, 3.05) is 14.2 Å². The van der Waals surface area contributed by atoms with Crippen LogP contribution in [0.4, 0.5) is 0 Å². The highest BCUT2D eigenvalue weighted by Crippen LogP contribution is 2.19. The summed E-state index contributed by atoms with van der Waals surface area (Å²) < 4.78 is 6.71. The molecular weight excluding hydrogens is 304 g/mol. The number of hydrogen-bond acceptors (Lipinski definition) is 6. The molecule has 0 bridgehead atoms. The first-order chi connectivity index (χ1) is 10.6. The minimum atomic E-state index is -0.222. The lowest BCUT2D eigenvalue weighted by molar-refractivity contribution is -0.121. The van der Waals surface area contributed by atoms with Crippen LogP contribution in [-0.2, 0) is 17.1 Å². The van der Waals surface area contributed by atoms with E-state index in [9.17, 15) is 9.59 Å². The molecule has 2 rings (SSSR count). The van der Waals surface area contributed by atoms with Gasteiger partial charge in [-0.05, 0) is 6.07 Å². The summed E-state index contributed by atoms with van der Waals surface area (Å²) in [6.45, 7) is 0.110. The number of carbonyl (C=O) groups excluding carboxylic acids is 1. The molecule has 0 spiro atoms. The van der Waals surface area contributed by atoms with E-state index in [1.807, 2.05) is 0 Å². The summed E-state index contributed by atoms with van der Waals surface area (Å²) >= 11 is 1.39. The second-order valence-corrected chi connectivity index (χ2v) is 5.26. The fraction of sp³-hybridized carbons (Fsp3) is 0.286. The lowest BCUT2D eigenvalue weighted by Gasteiger charge is -2.13. The first-order valence-corrected chi connectivity index (χ1v) is 7.50. The minimum absolute atomic E-state index is 0.110. The van der Waals surface area contributed by atoms with Crippen LogP contribution in [0.1, 0.15) is 5.69 Å². The van der Waals surface area contributed by atoms with Crippen LogP contribution in [0, 0.1) is 0 Å². The Morgan fingerprint density at radius 3 is 2.77 bits per heavy atom. The molecule has 0 saturated heterocycles. The number of rotatable bonds is 6. The van der Waals surface area contributed by atoms with Gasteiger partial charge >= 0.3 is 0 Å². The lowest BCUT2D eigenvalue weighted by atomic mass is 10.3. The molecule has 7 nitrogen and oxygen atoms in total. The second-order valence-electron chi connectivity index (χ2n) is 4.32. The number of thioether (sulfide) groups is 1. The molecule has 0 saturated carbocycles. The number of methoxy groups -OCH3 is 1. The summed E-state index contributed by atoms with van der Waals surface area (Å²) in [5, 5.41) is 3.16. The van der Waals surface area contributed by atoms with Crippen molar-refractivity contribution in [1.29, 1.82) is 0 Å². The lowest BCUT2D eigenvalue weighted by Crippen LogP contribution is -2.26. The number of amides is 1. The van der Waals surface area contributed by atoms with Gasteiger partial charge in [-0.3, -0.25) is 9.59 Å². The molecule has 0 aliphatic rings. The average molecular weight is 320 g/mol. The fourth-order valence-corrected chi connectivity index (χ4v) is 2.55. The molecule has 0 aromatic carbocycles. The van der Waals surface area contributed by atoms with E-state index >= 15 is 0 Å². The van der Waals surface area contributed by atoms with Gasteiger partial charge in [0.15, 0.2) is 10.9 Å². The van der Waals surface area contributed by atoms with Gasteiger partial charge in [0.25, 0.3) is 0 Å². The Hall–Kier alpha value is -2.35. The summed E-state index contributed by atoms with van der Waals surface area (Å²) in [5.74, 6) is 0.516. The van der Waals surface area contributed by atoms with Gasteiger partial charge in [0.2, 0.25) is 11.3 Å². The van der Waals surface area contributed by atoms with Crippen LogP contribution < -0.4 is 15.5 Å². The molecule has 22 heavy (non-hydrogen) atoms. The number of pyridine rings is 1. The topological polar surface area (TPSA) is 86.1 Å². The Balaban J connectivity index is 2.25. The molecule has 0 fully saturated rings. The Morgan fingerprint density at radius 1 is 1.41 bits per heavy atom. The third kappa shape index (κ3) is 4.08. The summed E-state index contributed by atoms with van der Waals surface area (Å²) in [5.41, 5.74) is 0.479. The van der Waals surface area contributed by atoms with E-state index in [-0.39, 0.29) is 23.6 Å². The number of carbonyl (C=O) groups is 1. The van der Waals surface area contributed by atoms with E-state index < -0.39 is 0 Å². The van der Waals surface area contributed by atoms with Crippen molar-refractivity contribution in [3.05, 3.63) is 46.6 Å². The predicted molar refractivity (Wildman–Crippen MR) is 82.9 cm³/mol. The van der Waals surface area contributed by atoms with Crippen LogP contribution in [0.5, 0.6) is 5.75 Å². The SMILES string of the molecule is CNC(=O)Cn1cc(OC)c(=O)cc1CSc1ncccn1. The van der Waals surface area contributed by atoms with Crippen molar-refractivity contribution in [2.24, 2.45) is 0 Å². The molecule has 116 valence electrons. The van der Waals surface area contributed by atoms with Gasteiger partial charge in [-0.15, -0.1) is 0 Å². The van der Waals surface area contributed by atoms with Crippen LogP contribution >= 0.6 is 11.8 Å². The van der Waals surface area contributed by atoms with E-state index in [1.54, 1.807) is 36.3 Å². The number of nitrogens with zero attached hydrogens (tertiary/aromatic N) is 3. The summed E-state index contributed by atoms with van der Waals surface area (Å²) in [4.78, 5) is 31.8. The summed E-state index contributed by atoms with van der Waals surface area (Å²) in [6.07, 6.45) is 4.85. The number of aromatic nitrogens is 3. The van der Waals surface area contributed by atoms with E-state index in [1.165, 1.54) is 24.9 Å². The van der Waals surface area contributed by atoms with Crippen molar-refractivity contribution in [3.8, 4) is 5.75 Å². The molecule has 0 aliphatic carbocycles. The van der Waals surface area contributed by atoms with E-state index in [0.717, 1.165) is 0 Å². The van der Waals surface area contributed by atoms with Gasteiger partial charge in [-0.2, -0.15) is 0 Å². The fourth-order valence-electron chi connectivity index (χ4n) is 1.75. The monoisotopic (exact) mass is 320 g/mol. The van der Waals surface area contributed by atoms with Crippen molar-refractivity contribution < 1.29 is 9.53 Å². The molecule has 0 radical (unpaired) electrons. The van der Waals surface area contributed by atoms with Gasteiger partial charge in [-0.25, -0.2) is 9.97 Å². The van der Waals surface area contributed by atoms with Crippen LogP contribution in [0.3, 0.4) is 0 Å². The Labute approximate surface area is 131 Å². The maximum atomic E-state index is 11.9. The molecule has 2 aromatic rings. The van der Waals surface area contributed by atoms with Crippen LogP contribution in [-0.4, -0.2) is 34.6 Å². The van der Waals surface area contributed by atoms with Gasteiger partial charge in [0.05, 0.1) is 13.3 Å². The second kappa shape index (κ2) is 7.60. The van der Waals surface area contributed by atoms with Gasteiger partial charge in [0.1, 0.15) is 6.54 Å². The largest absolute Gasteiger partial charge is 0.491 e. The molecular formula is C14H16N4O3S. The van der Waals surface area contributed by atoms with Crippen LogP contribution in [0.25, 0.3) is 0 Å². The molecule has 0 aliphatic heterocycles. The Kier molecular flexibility index (Phi) is 5.54. The number of likely N-dealkylation sites (N-methyl/N-ethyl adjacent to an activating group) is 1. The highest BCUT2D eigenvalue weighted by atomic mass is 32.2. The predicted octanol–water partition coefficient (Wildman–Crippen LogP) is 0.685. The standard InChI is InChI=1S/C14H16N4O3S/c1-15-13(20)8-18-7-12(21-2)11(19)6-10(18)9-22-14-16-4-3-5-17-14/h3-7H,8-9H2,1-2H3,(H,15,20). The zero-order valence-electron chi connectivity index (χ0n) is 12.3. The van der Waals surface area contributed by atoms with E-state index in [4.69, 9.17) is 4.74 Å². The zero-order chi connectivity index (χ0) is 15.9. The highest BCUT2D eigenvalue weighted by Gasteiger charge is 2.10. The third-order valence-corrected chi connectivity index (χ3v) is 3.80. The summed E-state index contributed by atoms with van der Waals surface area (Å²) in [7, 11) is 2.99. The van der Waals surface area contributed by atoms with Crippen LogP contribution in [0.2, 0.25) is 0 Å². The third-order valence-electron chi connectivity index (χ3n) is 2.89. The van der Waals surface area contributed by atoms with Gasteiger partial charge in [-0.1, -0.05) is 11.8 Å². The normalized spacial score (nSPS) is 10.3. The van der Waals surface area contributed by atoms with E-state index in [2.05, 4.69) is 15.3 Å². The first-order valence-electron chi connectivity index (χ1n) is 6.51. The van der Waals surface area contributed by atoms with Crippen molar-refractivity contribution in [1.82, 2.24) is 19.9 Å². The van der Waals surface area contributed by atoms with Crippen molar-refractivity contribution in [2.45, 2.75) is 17.5 Å². The van der Waals surface area contributed by atoms with Crippen molar-refractivity contribution in [3.63, 3.8) is 0 Å². The molecule has 0 unspecified atom stereocenters. The molecule has 8 heteroatoms. The molecule has 1 N–H and O–H groups in total. The molecule has 0 atom stereocenters. The summed E-state index contributed by atoms with van der Waals surface area (Å²) in [6, 6.07) is 3.21. The Morgan fingerprint density at radius 2 is 2.14 bits per heavy atom. The zero-order valence-corrected chi connectivity index (χ0v) is 13.1. The highest BCUT2D eigenvalue weighted by molar-refractivity contribution is 7.98. The van der Waals surface area contributed by atoms with Crippen molar-refractivity contribution >= 4 is 17.7 Å². The van der Waals surface area contributed by atoms with Gasteiger partial charge < -0.3 is 14.6 Å². The number of hydrogen-bond donors (Lipinski definition) is 1. The Bertz CT molecular complexity index is 703. The van der Waals surface area contributed by atoms with Crippen LogP contribution in [0.15, 0.2) is 40.7 Å². The molecule has 1 amide bonds. The maximum Gasteiger partial charge on any atom is 0.239 e. The average Bonchev–Trinajstić information content (AvgIpc) is 2.55. The maximum absolute atomic E-state index is 11.9.